The highest BCUT2D eigenvalue weighted by molar-refractivity contribution is 9.10. The van der Waals surface area contributed by atoms with Crippen molar-refractivity contribution in [1.82, 2.24) is 15.0 Å². The third-order valence-corrected chi connectivity index (χ3v) is 3.54. The fourth-order valence-electron chi connectivity index (χ4n) is 1.85. The van der Waals surface area contributed by atoms with Crippen LogP contribution in [-0.2, 0) is 0 Å². The SMILES string of the molecule is NNc1ncnc(Nc2ccc3ncccc3c2)c1Br. The van der Waals surface area contributed by atoms with Crippen molar-refractivity contribution in [3.05, 3.63) is 47.3 Å². The highest BCUT2D eigenvalue weighted by Gasteiger charge is 2.08. The number of nitrogens with one attached hydrogen (secondary N) is 2. The minimum absolute atomic E-state index is 0.518. The lowest BCUT2D eigenvalue weighted by Crippen LogP contribution is -2.10. The van der Waals surface area contributed by atoms with Crippen molar-refractivity contribution in [1.29, 1.82) is 0 Å². The van der Waals surface area contributed by atoms with Gasteiger partial charge < -0.3 is 10.7 Å². The third-order valence-electron chi connectivity index (χ3n) is 2.79. The van der Waals surface area contributed by atoms with Crippen molar-refractivity contribution in [2.75, 3.05) is 10.7 Å². The molecule has 6 nitrogen and oxygen atoms in total. The average molecular weight is 331 g/mol. The maximum atomic E-state index is 5.38. The molecule has 20 heavy (non-hydrogen) atoms. The summed E-state index contributed by atoms with van der Waals surface area (Å²) in [6.45, 7) is 0. The van der Waals surface area contributed by atoms with Crippen molar-refractivity contribution in [3.8, 4) is 0 Å². The number of nitrogen functional groups attached to an aromatic ring is 1. The van der Waals surface area contributed by atoms with E-state index in [9.17, 15) is 0 Å². The van der Waals surface area contributed by atoms with Gasteiger partial charge >= 0.3 is 0 Å². The van der Waals surface area contributed by atoms with Crippen molar-refractivity contribution in [2.45, 2.75) is 0 Å². The third kappa shape index (κ3) is 2.40. The van der Waals surface area contributed by atoms with E-state index in [1.165, 1.54) is 6.33 Å². The van der Waals surface area contributed by atoms with Gasteiger partial charge in [-0.15, -0.1) is 0 Å². The molecule has 0 unspecified atom stereocenters. The van der Waals surface area contributed by atoms with Crippen LogP contribution in [-0.4, -0.2) is 15.0 Å². The van der Waals surface area contributed by atoms with E-state index in [1.54, 1.807) is 6.20 Å². The number of nitrogens with zero attached hydrogens (tertiary/aromatic N) is 3. The molecule has 7 heteroatoms. The molecule has 0 amide bonds. The van der Waals surface area contributed by atoms with Crippen LogP contribution in [0.3, 0.4) is 0 Å². The Morgan fingerprint density at radius 2 is 1.90 bits per heavy atom. The number of hydrazine groups is 1. The van der Waals surface area contributed by atoms with E-state index >= 15 is 0 Å². The normalized spacial score (nSPS) is 10.5. The molecule has 0 atom stereocenters. The summed E-state index contributed by atoms with van der Waals surface area (Å²) in [5.41, 5.74) is 4.36. The number of fused-ring (bicyclic) bond motifs is 1. The standard InChI is InChI=1S/C13H11BrN6/c14-11-12(17-7-18-13(11)20-15)19-9-3-4-10-8(6-9)2-1-5-16-10/h1-7H,15H2,(H2,17,18,19,20). The summed E-state index contributed by atoms with van der Waals surface area (Å²) < 4.78 is 0.675. The molecule has 0 radical (unpaired) electrons. The predicted molar refractivity (Wildman–Crippen MR) is 82.6 cm³/mol. The zero-order chi connectivity index (χ0) is 13.9. The molecule has 2 heterocycles. The first-order chi connectivity index (χ1) is 9.78. The summed E-state index contributed by atoms with van der Waals surface area (Å²) in [7, 11) is 0. The van der Waals surface area contributed by atoms with Crippen LogP contribution in [0.4, 0.5) is 17.3 Å². The topological polar surface area (TPSA) is 88.8 Å². The van der Waals surface area contributed by atoms with Gasteiger partial charge in [-0.1, -0.05) is 6.07 Å². The second-order valence-electron chi connectivity index (χ2n) is 4.07. The van der Waals surface area contributed by atoms with Gasteiger partial charge in [0.05, 0.1) is 5.52 Å². The molecule has 2 aromatic heterocycles. The molecule has 0 aliphatic heterocycles. The Bertz CT molecular complexity index is 761. The number of halogens is 1. The molecule has 0 saturated carbocycles. The first-order valence-corrected chi connectivity index (χ1v) is 6.66. The smallest absolute Gasteiger partial charge is 0.159 e. The average Bonchev–Trinajstić information content (AvgIpc) is 2.49. The summed E-state index contributed by atoms with van der Waals surface area (Å²) >= 11 is 3.41. The first-order valence-electron chi connectivity index (χ1n) is 5.87. The maximum Gasteiger partial charge on any atom is 0.159 e. The van der Waals surface area contributed by atoms with Gasteiger partial charge in [0.2, 0.25) is 0 Å². The number of pyridine rings is 1. The largest absolute Gasteiger partial charge is 0.339 e. The van der Waals surface area contributed by atoms with Crippen LogP contribution in [0.15, 0.2) is 47.3 Å². The van der Waals surface area contributed by atoms with E-state index in [4.69, 9.17) is 5.84 Å². The second kappa shape index (κ2) is 5.40. The van der Waals surface area contributed by atoms with Gasteiger partial charge in [0.1, 0.15) is 16.6 Å². The number of hydrogen-bond acceptors (Lipinski definition) is 6. The molecule has 1 aromatic carbocycles. The van der Waals surface area contributed by atoms with Crippen LogP contribution >= 0.6 is 15.9 Å². The van der Waals surface area contributed by atoms with Crippen LogP contribution in [0, 0.1) is 0 Å². The van der Waals surface area contributed by atoms with E-state index in [0.717, 1.165) is 16.6 Å². The predicted octanol–water partition coefficient (Wildman–Crippen LogP) is 2.82. The van der Waals surface area contributed by atoms with E-state index in [-0.39, 0.29) is 0 Å². The van der Waals surface area contributed by atoms with E-state index in [0.29, 0.717) is 16.1 Å². The Kier molecular flexibility index (Phi) is 3.44. The maximum absolute atomic E-state index is 5.38. The number of hydrogen-bond donors (Lipinski definition) is 3. The lowest BCUT2D eigenvalue weighted by Gasteiger charge is -2.10. The lowest BCUT2D eigenvalue weighted by atomic mass is 10.2. The van der Waals surface area contributed by atoms with Crippen molar-refractivity contribution in [3.63, 3.8) is 0 Å². The minimum Gasteiger partial charge on any atom is -0.339 e. The molecule has 0 aliphatic rings. The van der Waals surface area contributed by atoms with Gasteiger partial charge in [-0.2, -0.15) is 0 Å². The highest BCUT2D eigenvalue weighted by atomic mass is 79.9. The van der Waals surface area contributed by atoms with Crippen molar-refractivity contribution in [2.24, 2.45) is 5.84 Å². The fraction of sp³-hybridized carbons (Fsp3) is 0. The molecular weight excluding hydrogens is 320 g/mol. The number of rotatable bonds is 3. The molecular formula is C13H11BrN6. The van der Waals surface area contributed by atoms with Crippen LogP contribution in [0.1, 0.15) is 0 Å². The Balaban J connectivity index is 1.97. The zero-order valence-electron chi connectivity index (χ0n) is 10.3. The van der Waals surface area contributed by atoms with Crippen molar-refractivity contribution >= 4 is 44.2 Å². The number of nitrogens with two attached hydrogens (primary N) is 1. The zero-order valence-corrected chi connectivity index (χ0v) is 11.9. The highest BCUT2D eigenvalue weighted by Crippen LogP contribution is 2.29. The molecule has 3 aromatic rings. The fourth-order valence-corrected chi connectivity index (χ4v) is 2.27. The van der Waals surface area contributed by atoms with Gasteiger partial charge in [-0.3, -0.25) is 4.98 Å². The van der Waals surface area contributed by atoms with Crippen LogP contribution in [0.2, 0.25) is 0 Å². The summed E-state index contributed by atoms with van der Waals surface area (Å²) in [5.74, 6) is 6.53. The van der Waals surface area contributed by atoms with Crippen LogP contribution < -0.4 is 16.6 Å². The summed E-state index contributed by atoms with van der Waals surface area (Å²) in [6.07, 6.45) is 3.21. The Morgan fingerprint density at radius 1 is 1.05 bits per heavy atom. The van der Waals surface area contributed by atoms with Gasteiger partial charge in [-0.05, 0) is 40.2 Å². The van der Waals surface area contributed by atoms with Gasteiger partial charge in [0, 0.05) is 17.3 Å². The van der Waals surface area contributed by atoms with Crippen LogP contribution in [0.25, 0.3) is 10.9 Å². The summed E-state index contributed by atoms with van der Waals surface area (Å²) in [4.78, 5) is 12.5. The Hall–Kier alpha value is -2.25. The second-order valence-corrected chi connectivity index (χ2v) is 4.86. The number of aromatic nitrogens is 3. The number of benzene rings is 1. The van der Waals surface area contributed by atoms with Crippen molar-refractivity contribution < 1.29 is 0 Å². The Labute approximate surface area is 123 Å². The monoisotopic (exact) mass is 330 g/mol. The number of anilines is 3. The molecule has 0 bridgehead atoms. The molecule has 3 rings (SSSR count). The molecule has 4 N–H and O–H groups in total. The van der Waals surface area contributed by atoms with E-state index in [1.807, 2.05) is 30.3 Å². The van der Waals surface area contributed by atoms with Crippen LogP contribution in [0.5, 0.6) is 0 Å². The molecule has 0 saturated heterocycles. The van der Waals surface area contributed by atoms with Gasteiger partial charge in [0.25, 0.3) is 0 Å². The first kappa shape index (κ1) is 12.8. The van der Waals surface area contributed by atoms with Gasteiger partial charge in [0.15, 0.2) is 5.82 Å². The quantitative estimate of drug-likeness (QED) is 0.505. The minimum atomic E-state index is 0.518. The summed E-state index contributed by atoms with van der Waals surface area (Å²) in [6, 6.07) is 9.82. The lowest BCUT2D eigenvalue weighted by molar-refractivity contribution is 1.12. The van der Waals surface area contributed by atoms with E-state index in [2.05, 4.69) is 41.6 Å². The molecule has 0 fully saturated rings. The molecule has 100 valence electrons. The summed E-state index contributed by atoms with van der Waals surface area (Å²) in [5, 5.41) is 4.27. The molecule has 0 aliphatic carbocycles. The Morgan fingerprint density at radius 3 is 2.75 bits per heavy atom. The van der Waals surface area contributed by atoms with E-state index < -0.39 is 0 Å². The molecule has 0 spiro atoms. The van der Waals surface area contributed by atoms with Gasteiger partial charge in [-0.25, -0.2) is 15.8 Å².